The van der Waals surface area contributed by atoms with Gasteiger partial charge in [0.25, 0.3) is 0 Å². The van der Waals surface area contributed by atoms with Crippen LogP contribution in [0, 0.1) is 11.3 Å². The van der Waals surface area contributed by atoms with Crippen molar-refractivity contribution in [2.45, 2.75) is 52.9 Å². The maximum atomic E-state index is 5.40. The highest BCUT2D eigenvalue weighted by atomic mass is 16.5. The minimum absolute atomic E-state index is 0.592. The molecule has 0 saturated heterocycles. The van der Waals surface area contributed by atoms with Crippen LogP contribution in [0.5, 0.6) is 0 Å². The van der Waals surface area contributed by atoms with Crippen LogP contribution in [0.4, 0.5) is 0 Å². The Hall–Kier alpha value is -0.0400. The summed E-state index contributed by atoms with van der Waals surface area (Å²) >= 11 is 0. The van der Waals surface area contributed by atoms with Crippen molar-refractivity contribution >= 4 is 0 Å². The molecule has 0 aliphatic heterocycles. The van der Waals surface area contributed by atoms with Gasteiger partial charge in [-0.2, -0.15) is 0 Å². The van der Waals surface area contributed by atoms with Gasteiger partial charge >= 0.3 is 0 Å². The topological polar surface area (TPSA) is 9.23 Å². The quantitative estimate of drug-likeness (QED) is 0.606. The lowest BCUT2D eigenvalue weighted by atomic mass is 9.71. The number of hydrogen-bond donors (Lipinski definition) is 0. The fourth-order valence-electron chi connectivity index (χ4n) is 2.50. The molecular formula is C12H24O. The van der Waals surface area contributed by atoms with E-state index in [9.17, 15) is 0 Å². The highest BCUT2D eigenvalue weighted by Gasteiger charge is 2.27. The van der Waals surface area contributed by atoms with Crippen LogP contribution in [0.2, 0.25) is 0 Å². The molecule has 0 spiro atoms. The molecule has 78 valence electrons. The van der Waals surface area contributed by atoms with Crippen LogP contribution in [0.15, 0.2) is 0 Å². The lowest BCUT2D eigenvalue weighted by Crippen LogP contribution is -2.23. The minimum atomic E-state index is 0.592. The van der Waals surface area contributed by atoms with E-state index in [4.69, 9.17) is 4.74 Å². The van der Waals surface area contributed by atoms with Crippen LogP contribution >= 0.6 is 0 Å². The van der Waals surface area contributed by atoms with Gasteiger partial charge in [-0.1, -0.05) is 26.7 Å². The summed E-state index contributed by atoms with van der Waals surface area (Å²) in [6, 6.07) is 0. The maximum absolute atomic E-state index is 5.40. The van der Waals surface area contributed by atoms with Crippen molar-refractivity contribution in [3.8, 4) is 0 Å². The number of hydrogen-bond acceptors (Lipinski definition) is 1. The number of ether oxygens (including phenoxy) is 1. The first-order chi connectivity index (χ1) is 6.14. The Morgan fingerprint density at radius 1 is 1.38 bits per heavy atom. The van der Waals surface area contributed by atoms with Gasteiger partial charge in [0.1, 0.15) is 0 Å². The Labute approximate surface area is 82.9 Å². The molecule has 0 amide bonds. The van der Waals surface area contributed by atoms with Crippen molar-refractivity contribution in [3.05, 3.63) is 0 Å². The fraction of sp³-hybridized carbons (Fsp3) is 1.00. The second-order valence-corrected chi connectivity index (χ2v) is 5.11. The molecule has 0 N–H and O–H groups in total. The van der Waals surface area contributed by atoms with Crippen molar-refractivity contribution in [1.82, 2.24) is 0 Å². The maximum Gasteiger partial charge on any atom is 0.0468 e. The molecule has 1 unspecified atom stereocenters. The first-order valence-electron chi connectivity index (χ1n) is 5.72. The summed E-state index contributed by atoms with van der Waals surface area (Å²) in [6.45, 7) is 8.72. The third-order valence-corrected chi connectivity index (χ3v) is 3.18. The Balaban J connectivity index is 2.19. The first kappa shape index (κ1) is 11.0. The summed E-state index contributed by atoms with van der Waals surface area (Å²) in [5.74, 6) is 0.926. The summed E-state index contributed by atoms with van der Waals surface area (Å²) in [5.41, 5.74) is 0.592. The van der Waals surface area contributed by atoms with Crippen LogP contribution < -0.4 is 0 Å². The minimum Gasteiger partial charge on any atom is -0.382 e. The highest BCUT2D eigenvalue weighted by Crippen LogP contribution is 2.39. The molecule has 1 nitrogen and oxygen atoms in total. The van der Waals surface area contributed by atoms with Crippen molar-refractivity contribution in [2.24, 2.45) is 11.3 Å². The van der Waals surface area contributed by atoms with Gasteiger partial charge in [-0.25, -0.2) is 0 Å². The molecule has 1 rings (SSSR count). The van der Waals surface area contributed by atoms with Gasteiger partial charge in [-0.15, -0.1) is 0 Å². The zero-order valence-corrected chi connectivity index (χ0v) is 9.44. The van der Waals surface area contributed by atoms with Crippen molar-refractivity contribution < 1.29 is 4.74 Å². The molecule has 0 radical (unpaired) electrons. The van der Waals surface area contributed by atoms with E-state index in [-0.39, 0.29) is 0 Å². The van der Waals surface area contributed by atoms with E-state index in [2.05, 4.69) is 20.8 Å². The molecule has 0 aromatic carbocycles. The molecule has 1 aliphatic carbocycles. The molecule has 0 heterocycles. The van der Waals surface area contributed by atoms with E-state index < -0.39 is 0 Å². The molecule has 0 aromatic rings. The van der Waals surface area contributed by atoms with Crippen LogP contribution in [-0.4, -0.2) is 13.2 Å². The SMILES string of the molecule is CCOCCC1CCCC(C)(C)C1. The molecule has 13 heavy (non-hydrogen) atoms. The summed E-state index contributed by atoms with van der Waals surface area (Å²) < 4.78 is 5.40. The van der Waals surface area contributed by atoms with Gasteiger partial charge in [0.2, 0.25) is 0 Å². The first-order valence-corrected chi connectivity index (χ1v) is 5.72. The predicted octanol–water partition coefficient (Wildman–Crippen LogP) is 3.63. The number of rotatable bonds is 4. The standard InChI is InChI=1S/C12H24O/c1-4-13-9-7-11-6-5-8-12(2,3)10-11/h11H,4-10H2,1-3H3. The normalized spacial score (nSPS) is 27.5. The molecule has 1 fully saturated rings. The van der Waals surface area contributed by atoms with Crippen molar-refractivity contribution in [3.63, 3.8) is 0 Å². The molecule has 0 aromatic heterocycles. The smallest absolute Gasteiger partial charge is 0.0468 e. The van der Waals surface area contributed by atoms with Crippen LogP contribution in [0.25, 0.3) is 0 Å². The van der Waals surface area contributed by atoms with Crippen LogP contribution in [-0.2, 0) is 4.74 Å². The summed E-state index contributed by atoms with van der Waals surface area (Å²) in [5, 5.41) is 0. The predicted molar refractivity (Wildman–Crippen MR) is 56.8 cm³/mol. The van der Waals surface area contributed by atoms with Crippen LogP contribution in [0.1, 0.15) is 52.9 Å². The van der Waals surface area contributed by atoms with Crippen LogP contribution in [0.3, 0.4) is 0 Å². The van der Waals surface area contributed by atoms with E-state index in [1.807, 2.05) is 0 Å². The second-order valence-electron chi connectivity index (χ2n) is 5.11. The zero-order valence-electron chi connectivity index (χ0n) is 9.44. The lowest BCUT2D eigenvalue weighted by Gasteiger charge is -2.35. The third-order valence-electron chi connectivity index (χ3n) is 3.18. The van der Waals surface area contributed by atoms with E-state index in [0.29, 0.717) is 5.41 Å². The van der Waals surface area contributed by atoms with Gasteiger partial charge in [-0.3, -0.25) is 0 Å². The Morgan fingerprint density at radius 3 is 2.77 bits per heavy atom. The van der Waals surface area contributed by atoms with Crippen molar-refractivity contribution in [2.75, 3.05) is 13.2 Å². The lowest BCUT2D eigenvalue weighted by molar-refractivity contribution is 0.103. The third kappa shape index (κ3) is 4.12. The Kier molecular flexibility index (Phi) is 4.24. The van der Waals surface area contributed by atoms with Gasteiger partial charge in [0, 0.05) is 13.2 Å². The van der Waals surface area contributed by atoms with Gasteiger partial charge in [-0.05, 0) is 37.5 Å². The summed E-state index contributed by atoms with van der Waals surface area (Å²) in [6.07, 6.45) is 6.94. The van der Waals surface area contributed by atoms with E-state index >= 15 is 0 Å². The molecule has 1 aliphatic rings. The van der Waals surface area contributed by atoms with Gasteiger partial charge < -0.3 is 4.74 Å². The molecule has 1 saturated carbocycles. The zero-order chi connectivity index (χ0) is 9.73. The monoisotopic (exact) mass is 184 g/mol. The fourth-order valence-corrected chi connectivity index (χ4v) is 2.50. The average Bonchev–Trinajstić information content (AvgIpc) is 2.03. The molecule has 1 atom stereocenters. The second kappa shape index (κ2) is 4.99. The summed E-state index contributed by atoms with van der Waals surface area (Å²) in [7, 11) is 0. The largest absolute Gasteiger partial charge is 0.382 e. The van der Waals surface area contributed by atoms with E-state index in [1.165, 1.54) is 32.1 Å². The van der Waals surface area contributed by atoms with Gasteiger partial charge in [0.15, 0.2) is 0 Å². The summed E-state index contributed by atoms with van der Waals surface area (Å²) in [4.78, 5) is 0. The Morgan fingerprint density at radius 2 is 2.15 bits per heavy atom. The molecule has 1 heteroatoms. The highest BCUT2D eigenvalue weighted by molar-refractivity contribution is 4.79. The Bertz CT molecular complexity index is 140. The van der Waals surface area contributed by atoms with Gasteiger partial charge in [0.05, 0.1) is 0 Å². The molecular weight excluding hydrogens is 160 g/mol. The molecule has 0 bridgehead atoms. The van der Waals surface area contributed by atoms with Crippen molar-refractivity contribution in [1.29, 1.82) is 0 Å². The van der Waals surface area contributed by atoms with E-state index in [0.717, 1.165) is 19.1 Å². The van der Waals surface area contributed by atoms with E-state index in [1.54, 1.807) is 0 Å². The average molecular weight is 184 g/mol.